The van der Waals surface area contributed by atoms with Gasteiger partial charge in [-0.25, -0.2) is 0 Å². The number of halogens is 3. The average molecular weight is 489 g/mol. The van der Waals surface area contributed by atoms with Gasteiger partial charge in [-0.3, -0.25) is 14.5 Å². The summed E-state index contributed by atoms with van der Waals surface area (Å²) in [6.45, 7) is 0.585. The van der Waals surface area contributed by atoms with E-state index in [9.17, 15) is 22.8 Å². The number of hydrogen-bond acceptors (Lipinski definition) is 5. The van der Waals surface area contributed by atoms with Gasteiger partial charge < -0.3 is 20.5 Å². The minimum atomic E-state index is -4.48. The van der Waals surface area contributed by atoms with Crippen LogP contribution in [0.2, 0.25) is 0 Å². The fourth-order valence-electron chi connectivity index (χ4n) is 4.28. The number of aliphatic hydroxyl groups excluding tert-OH is 1. The zero-order chi connectivity index (χ0) is 25.2. The third-order valence-electron chi connectivity index (χ3n) is 6.14. The topological polar surface area (TPSA) is 90.9 Å². The Kier molecular flexibility index (Phi) is 7.13. The maximum Gasteiger partial charge on any atom is 0.416 e. The number of carbonyl (C=O) groups excluding carboxylic acids is 2. The van der Waals surface area contributed by atoms with Crippen molar-refractivity contribution in [3.05, 3.63) is 59.2 Å². The summed E-state index contributed by atoms with van der Waals surface area (Å²) in [5.74, 6) is -0.517. The van der Waals surface area contributed by atoms with E-state index in [1.54, 1.807) is 24.1 Å². The van der Waals surface area contributed by atoms with Crippen LogP contribution in [0.15, 0.2) is 42.5 Å². The summed E-state index contributed by atoms with van der Waals surface area (Å²) in [7, 11) is 1.77. The van der Waals surface area contributed by atoms with Crippen LogP contribution in [0.25, 0.3) is 5.57 Å². The number of likely N-dealkylation sites (N-methyl/N-ethyl adjacent to an activating group) is 1. The number of nitrogens with zero attached hydrogens (tertiary/aromatic N) is 1. The summed E-state index contributed by atoms with van der Waals surface area (Å²) in [5, 5.41) is 14.7. The molecule has 2 aliphatic heterocycles. The molecular formula is C25H26F3N3O4. The van der Waals surface area contributed by atoms with Crippen molar-refractivity contribution >= 4 is 28.8 Å². The van der Waals surface area contributed by atoms with Crippen molar-refractivity contribution in [3.63, 3.8) is 0 Å². The van der Waals surface area contributed by atoms with E-state index in [-0.39, 0.29) is 24.9 Å². The van der Waals surface area contributed by atoms with Crippen molar-refractivity contribution in [2.24, 2.45) is 0 Å². The van der Waals surface area contributed by atoms with Crippen molar-refractivity contribution in [1.82, 2.24) is 4.90 Å². The Balaban J connectivity index is 1.51. The predicted octanol–water partition coefficient (Wildman–Crippen LogP) is 3.69. The molecule has 7 nitrogen and oxygen atoms in total. The molecule has 10 heteroatoms. The number of fused-ring (bicyclic) bond motifs is 2. The second-order valence-electron chi connectivity index (χ2n) is 8.60. The van der Waals surface area contributed by atoms with E-state index >= 15 is 0 Å². The molecule has 1 atom stereocenters. The highest BCUT2D eigenvalue weighted by molar-refractivity contribution is 6.05. The fourth-order valence-corrected chi connectivity index (χ4v) is 4.28. The number of carbonyl (C=O) groups is 2. The second-order valence-corrected chi connectivity index (χ2v) is 8.60. The number of nitrogens with one attached hydrogen (secondary N) is 2. The lowest BCUT2D eigenvalue weighted by Crippen LogP contribution is -2.47. The first kappa shape index (κ1) is 24.7. The molecule has 2 aromatic carbocycles. The third-order valence-corrected chi connectivity index (χ3v) is 6.14. The normalized spacial score (nSPS) is 18.9. The average Bonchev–Trinajstić information content (AvgIpc) is 2.99. The first-order chi connectivity index (χ1) is 16.7. The largest absolute Gasteiger partial charge is 0.493 e. The smallest absolute Gasteiger partial charge is 0.416 e. The highest BCUT2D eigenvalue weighted by Gasteiger charge is 2.32. The van der Waals surface area contributed by atoms with Gasteiger partial charge in [0.05, 0.1) is 24.8 Å². The van der Waals surface area contributed by atoms with Crippen LogP contribution < -0.4 is 15.4 Å². The molecule has 186 valence electrons. The van der Waals surface area contributed by atoms with Crippen LogP contribution in [-0.4, -0.2) is 54.7 Å². The zero-order valence-electron chi connectivity index (χ0n) is 19.1. The summed E-state index contributed by atoms with van der Waals surface area (Å²) in [6.07, 6.45) is -1.59. The number of benzene rings is 2. The summed E-state index contributed by atoms with van der Waals surface area (Å²) in [5.41, 5.74) is 2.23. The Labute approximate surface area is 200 Å². The van der Waals surface area contributed by atoms with Crippen molar-refractivity contribution in [2.75, 3.05) is 37.4 Å². The van der Waals surface area contributed by atoms with Gasteiger partial charge in [0.1, 0.15) is 5.75 Å². The van der Waals surface area contributed by atoms with Crippen LogP contribution >= 0.6 is 0 Å². The van der Waals surface area contributed by atoms with Gasteiger partial charge in [0.2, 0.25) is 11.8 Å². The molecule has 2 amide bonds. The molecule has 0 aromatic heterocycles. The lowest BCUT2D eigenvalue weighted by atomic mass is 9.97. The van der Waals surface area contributed by atoms with Gasteiger partial charge in [-0.15, -0.1) is 0 Å². The van der Waals surface area contributed by atoms with Crippen LogP contribution in [-0.2, 0) is 22.2 Å². The quantitative estimate of drug-likeness (QED) is 0.558. The van der Waals surface area contributed by atoms with Crippen LogP contribution in [0, 0.1) is 0 Å². The Morgan fingerprint density at radius 1 is 1.29 bits per heavy atom. The minimum absolute atomic E-state index is 0.0479. The van der Waals surface area contributed by atoms with E-state index in [0.29, 0.717) is 48.3 Å². The summed E-state index contributed by atoms with van der Waals surface area (Å²) in [6, 6.07) is 8.11. The SMILES string of the molecule is CN(CCO)C1Cc2ccc(NC(=O)/C=C3\CCCOc4cc(C(F)(F)F)ccc43)cc2NC1=O. The van der Waals surface area contributed by atoms with Crippen LogP contribution in [0.4, 0.5) is 24.5 Å². The monoisotopic (exact) mass is 489 g/mol. The van der Waals surface area contributed by atoms with Crippen molar-refractivity contribution in [2.45, 2.75) is 31.5 Å². The highest BCUT2D eigenvalue weighted by Crippen LogP contribution is 2.38. The van der Waals surface area contributed by atoms with Gasteiger partial charge in [0.25, 0.3) is 0 Å². The van der Waals surface area contributed by atoms with Crippen molar-refractivity contribution in [3.8, 4) is 5.75 Å². The third kappa shape index (κ3) is 5.66. The lowest BCUT2D eigenvalue weighted by molar-refractivity contribution is -0.137. The maximum absolute atomic E-state index is 13.1. The Morgan fingerprint density at radius 2 is 2.09 bits per heavy atom. The number of alkyl halides is 3. The minimum Gasteiger partial charge on any atom is -0.493 e. The Bertz CT molecular complexity index is 1160. The molecule has 0 saturated carbocycles. The van der Waals surface area contributed by atoms with Gasteiger partial charge in [-0.05, 0) is 61.7 Å². The van der Waals surface area contributed by atoms with E-state index in [2.05, 4.69) is 10.6 Å². The van der Waals surface area contributed by atoms with E-state index in [1.165, 1.54) is 12.1 Å². The molecule has 0 saturated heterocycles. The molecule has 0 spiro atoms. The van der Waals surface area contributed by atoms with E-state index in [4.69, 9.17) is 9.84 Å². The number of hydrogen-bond donors (Lipinski definition) is 3. The number of allylic oxidation sites excluding steroid dienone is 1. The van der Waals surface area contributed by atoms with E-state index < -0.39 is 23.7 Å². The van der Waals surface area contributed by atoms with Crippen molar-refractivity contribution in [1.29, 1.82) is 0 Å². The second kappa shape index (κ2) is 10.1. The molecule has 2 heterocycles. The molecule has 3 N–H and O–H groups in total. The summed E-state index contributed by atoms with van der Waals surface area (Å²) >= 11 is 0. The Hall–Kier alpha value is -3.37. The van der Waals surface area contributed by atoms with Crippen LogP contribution in [0.3, 0.4) is 0 Å². The Morgan fingerprint density at radius 3 is 2.83 bits per heavy atom. The first-order valence-corrected chi connectivity index (χ1v) is 11.3. The molecule has 2 aromatic rings. The lowest BCUT2D eigenvalue weighted by Gasteiger charge is -2.31. The molecule has 2 aliphatic rings. The first-order valence-electron chi connectivity index (χ1n) is 11.3. The highest BCUT2D eigenvalue weighted by atomic mass is 19.4. The summed E-state index contributed by atoms with van der Waals surface area (Å²) in [4.78, 5) is 27.0. The number of rotatable bonds is 5. The number of aliphatic hydroxyl groups is 1. The molecule has 1 unspecified atom stereocenters. The molecule has 4 rings (SSSR count). The fraction of sp³-hybridized carbons (Fsp3) is 0.360. The molecule has 0 radical (unpaired) electrons. The standard InChI is InChI=1S/C25H26F3N3O4/c1-31(8-9-32)21-11-16-4-6-18(14-20(16)30-24(21)34)29-23(33)12-15-3-2-10-35-22-13-17(25(26,27)28)5-7-19(15)22/h4-7,12-14,21,32H,2-3,8-11H2,1H3,(H,29,33)(H,30,34)/b15-12+. The van der Waals surface area contributed by atoms with Gasteiger partial charge in [0.15, 0.2) is 0 Å². The van der Waals surface area contributed by atoms with Gasteiger partial charge in [-0.2, -0.15) is 13.2 Å². The maximum atomic E-state index is 13.1. The van der Waals surface area contributed by atoms with E-state index in [0.717, 1.165) is 17.7 Å². The molecule has 0 aliphatic carbocycles. The van der Waals surface area contributed by atoms with Gasteiger partial charge in [-0.1, -0.05) is 12.1 Å². The zero-order valence-corrected chi connectivity index (χ0v) is 19.1. The molecular weight excluding hydrogens is 463 g/mol. The predicted molar refractivity (Wildman–Crippen MR) is 125 cm³/mol. The van der Waals surface area contributed by atoms with Gasteiger partial charge >= 0.3 is 6.18 Å². The molecule has 0 bridgehead atoms. The molecule has 35 heavy (non-hydrogen) atoms. The molecule has 0 fully saturated rings. The van der Waals surface area contributed by atoms with Crippen LogP contribution in [0.1, 0.15) is 29.5 Å². The number of amides is 2. The van der Waals surface area contributed by atoms with E-state index in [1.807, 2.05) is 6.07 Å². The number of anilines is 2. The van der Waals surface area contributed by atoms with Crippen LogP contribution in [0.5, 0.6) is 5.75 Å². The number of ether oxygens (including phenoxy) is 1. The van der Waals surface area contributed by atoms with Crippen molar-refractivity contribution < 1.29 is 32.6 Å². The summed E-state index contributed by atoms with van der Waals surface area (Å²) < 4.78 is 44.7. The van der Waals surface area contributed by atoms with Gasteiger partial charge in [0, 0.05) is 29.6 Å².